The van der Waals surface area contributed by atoms with Crippen LogP contribution in [0.2, 0.25) is 0 Å². The van der Waals surface area contributed by atoms with E-state index in [-0.39, 0.29) is 19.0 Å². The predicted molar refractivity (Wildman–Crippen MR) is 79.3 cm³/mol. The van der Waals surface area contributed by atoms with Gasteiger partial charge in [0.15, 0.2) is 0 Å². The fourth-order valence-electron chi connectivity index (χ4n) is 1.83. The van der Waals surface area contributed by atoms with Crippen LogP contribution in [0.4, 0.5) is 10.5 Å². The zero-order chi connectivity index (χ0) is 14.7. The molecule has 0 saturated carbocycles. The summed E-state index contributed by atoms with van der Waals surface area (Å²) >= 11 is 2.06. The van der Waals surface area contributed by atoms with E-state index in [1.165, 1.54) is 0 Å². The molecule has 1 aromatic rings. The number of urea groups is 1. The third-order valence-electron chi connectivity index (χ3n) is 2.84. The van der Waals surface area contributed by atoms with Gasteiger partial charge in [0.05, 0.1) is 5.69 Å². The number of halogens is 1. The van der Waals surface area contributed by atoms with Crippen LogP contribution in [-0.2, 0) is 9.59 Å². The van der Waals surface area contributed by atoms with Gasteiger partial charge in [0.2, 0.25) is 5.91 Å². The van der Waals surface area contributed by atoms with Gasteiger partial charge in [-0.25, -0.2) is 9.59 Å². The second kappa shape index (κ2) is 6.07. The molecule has 8 heteroatoms. The Labute approximate surface area is 128 Å². The van der Waals surface area contributed by atoms with Crippen LogP contribution in [0.15, 0.2) is 24.3 Å². The Hall–Kier alpha value is -1.84. The molecule has 1 saturated heterocycles. The van der Waals surface area contributed by atoms with E-state index in [1.807, 2.05) is 12.1 Å². The molecule has 1 aliphatic rings. The van der Waals surface area contributed by atoms with Crippen molar-refractivity contribution >= 4 is 46.2 Å². The highest BCUT2D eigenvalue weighted by Gasteiger charge is 2.35. The molecule has 0 aromatic heterocycles. The Morgan fingerprint density at radius 3 is 2.75 bits per heavy atom. The molecule has 1 aromatic carbocycles. The van der Waals surface area contributed by atoms with Gasteiger partial charge in [-0.3, -0.25) is 9.69 Å². The topological polar surface area (TPSA) is 98.7 Å². The van der Waals surface area contributed by atoms with E-state index in [9.17, 15) is 14.4 Å². The van der Waals surface area contributed by atoms with Crippen LogP contribution < -0.4 is 10.6 Å². The number of amides is 3. The molecule has 1 fully saturated rings. The van der Waals surface area contributed by atoms with Gasteiger partial charge >= 0.3 is 12.0 Å². The van der Waals surface area contributed by atoms with E-state index in [0.717, 1.165) is 8.47 Å². The smallest absolute Gasteiger partial charge is 0.328 e. The zero-order valence-corrected chi connectivity index (χ0v) is 12.5. The summed E-state index contributed by atoms with van der Waals surface area (Å²) in [6.45, 7) is -0.361. The number of carbonyl (C=O) groups excluding carboxylic acids is 2. The van der Waals surface area contributed by atoms with Crippen molar-refractivity contribution in [1.29, 1.82) is 0 Å². The number of carbonyl (C=O) groups is 3. The number of anilines is 1. The minimum absolute atomic E-state index is 0.0898. The standard InChI is InChI=1S/C12H12IN3O4/c13-7-3-1-2-4-8(7)15-12(20)16-6-10(17)14-5-9(16)11(18)19/h1-4,9H,5-6H2,(H,14,17)(H,15,20)(H,18,19). The molecule has 106 valence electrons. The van der Waals surface area contributed by atoms with Crippen LogP contribution in [0, 0.1) is 3.57 Å². The Kier molecular flexibility index (Phi) is 4.42. The monoisotopic (exact) mass is 389 g/mol. The molecule has 1 aliphatic heterocycles. The number of hydrogen-bond donors (Lipinski definition) is 3. The van der Waals surface area contributed by atoms with Gasteiger partial charge in [-0.15, -0.1) is 0 Å². The molecule has 0 aliphatic carbocycles. The van der Waals surface area contributed by atoms with Crippen molar-refractivity contribution in [2.24, 2.45) is 0 Å². The van der Waals surface area contributed by atoms with Gasteiger partial charge in [-0.05, 0) is 34.7 Å². The van der Waals surface area contributed by atoms with Crippen molar-refractivity contribution in [2.75, 3.05) is 18.4 Å². The number of nitrogens with one attached hydrogen (secondary N) is 2. The maximum atomic E-state index is 12.1. The summed E-state index contributed by atoms with van der Waals surface area (Å²) in [7, 11) is 0. The number of rotatable bonds is 2. The number of aliphatic carboxylic acids is 1. The van der Waals surface area contributed by atoms with Crippen LogP contribution in [0.5, 0.6) is 0 Å². The molecular formula is C12H12IN3O4. The van der Waals surface area contributed by atoms with E-state index in [2.05, 4.69) is 33.2 Å². The molecule has 1 unspecified atom stereocenters. The Morgan fingerprint density at radius 1 is 1.40 bits per heavy atom. The molecule has 1 heterocycles. The molecule has 1 atom stereocenters. The fourth-order valence-corrected chi connectivity index (χ4v) is 2.35. The van der Waals surface area contributed by atoms with Gasteiger partial charge < -0.3 is 15.7 Å². The highest BCUT2D eigenvalue weighted by atomic mass is 127. The van der Waals surface area contributed by atoms with Crippen LogP contribution in [0.1, 0.15) is 0 Å². The van der Waals surface area contributed by atoms with Gasteiger partial charge in [-0.2, -0.15) is 0 Å². The lowest BCUT2D eigenvalue weighted by Crippen LogP contribution is -2.60. The Morgan fingerprint density at radius 2 is 2.10 bits per heavy atom. The third-order valence-corrected chi connectivity index (χ3v) is 3.78. The second-order valence-corrected chi connectivity index (χ2v) is 5.36. The first-order valence-corrected chi connectivity index (χ1v) is 6.88. The molecule has 3 N–H and O–H groups in total. The summed E-state index contributed by atoms with van der Waals surface area (Å²) in [6.07, 6.45) is 0. The summed E-state index contributed by atoms with van der Waals surface area (Å²) in [4.78, 5) is 35.6. The maximum Gasteiger partial charge on any atom is 0.328 e. The summed E-state index contributed by atoms with van der Waals surface area (Å²) in [6, 6.07) is 5.44. The van der Waals surface area contributed by atoms with E-state index >= 15 is 0 Å². The van der Waals surface area contributed by atoms with E-state index in [0.29, 0.717) is 5.69 Å². The molecule has 3 amide bonds. The van der Waals surface area contributed by atoms with Gasteiger partial charge in [0.25, 0.3) is 0 Å². The SMILES string of the molecule is O=C1CN(C(=O)Nc2ccccc2I)C(C(=O)O)CN1. The molecule has 2 rings (SSSR count). The lowest BCUT2D eigenvalue weighted by Gasteiger charge is -2.32. The van der Waals surface area contributed by atoms with Crippen LogP contribution in [0.25, 0.3) is 0 Å². The minimum atomic E-state index is -1.15. The summed E-state index contributed by atoms with van der Waals surface area (Å²) < 4.78 is 0.826. The third kappa shape index (κ3) is 3.18. The Balaban J connectivity index is 2.15. The molecular weight excluding hydrogens is 377 g/mol. The van der Waals surface area contributed by atoms with Crippen molar-refractivity contribution in [1.82, 2.24) is 10.2 Å². The van der Waals surface area contributed by atoms with Crippen molar-refractivity contribution in [3.8, 4) is 0 Å². The number of benzene rings is 1. The van der Waals surface area contributed by atoms with Crippen molar-refractivity contribution in [3.63, 3.8) is 0 Å². The normalized spacial score (nSPS) is 18.4. The molecule has 7 nitrogen and oxygen atoms in total. The number of hydrogen-bond acceptors (Lipinski definition) is 3. The van der Waals surface area contributed by atoms with Crippen LogP contribution in [0.3, 0.4) is 0 Å². The number of carboxylic acids is 1. The summed E-state index contributed by atoms with van der Waals surface area (Å²) in [5, 5.41) is 14.1. The van der Waals surface area contributed by atoms with E-state index in [4.69, 9.17) is 5.11 Å². The first-order valence-electron chi connectivity index (χ1n) is 5.80. The summed E-state index contributed by atoms with van der Waals surface area (Å²) in [5.74, 6) is -1.52. The van der Waals surface area contributed by atoms with Gasteiger partial charge in [0.1, 0.15) is 12.6 Å². The molecule has 0 spiro atoms. The number of para-hydroxylation sites is 1. The maximum absolute atomic E-state index is 12.1. The van der Waals surface area contributed by atoms with Crippen LogP contribution >= 0.6 is 22.6 Å². The van der Waals surface area contributed by atoms with Crippen molar-refractivity contribution < 1.29 is 19.5 Å². The number of nitrogens with zero attached hydrogens (tertiary/aromatic N) is 1. The van der Waals surface area contributed by atoms with Crippen LogP contribution in [-0.4, -0.2) is 47.0 Å². The van der Waals surface area contributed by atoms with Gasteiger partial charge in [-0.1, -0.05) is 12.1 Å². The van der Waals surface area contributed by atoms with E-state index in [1.54, 1.807) is 12.1 Å². The number of carboxylic acid groups (broad SMARTS) is 1. The van der Waals surface area contributed by atoms with Gasteiger partial charge in [0, 0.05) is 10.1 Å². The first-order chi connectivity index (χ1) is 9.49. The average molecular weight is 389 g/mol. The second-order valence-electron chi connectivity index (χ2n) is 4.20. The quantitative estimate of drug-likeness (QED) is 0.649. The summed E-state index contributed by atoms with van der Waals surface area (Å²) in [5.41, 5.74) is 0.577. The molecule has 0 bridgehead atoms. The average Bonchev–Trinajstić information content (AvgIpc) is 2.40. The fraction of sp³-hybridized carbons (Fsp3) is 0.250. The zero-order valence-electron chi connectivity index (χ0n) is 10.3. The van der Waals surface area contributed by atoms with Crippen molar-refractivity contribution in [3.05, 3.63) is 27.8 Å². The van der Waals surface area contributed by atoms with E-state index < -0.39 is 18.0 Å². The van der Waals surface area contributed by atoms with Crippen molar-refractivity contribution in [2.45, 2.75) is 6.04 Å². The Bertz CT molecular complexity index is 563. The number of piperazine rings is 1. The molecule has 0 radical (unpaired) electrons. The lowest BCUT2D eigenvalue weighted by atomic mass is 10.2. The molecule has 20 heavy (non-hydrogen) atoms. The first kappa shape index (κ1) is 14.6. The highest BCUT2D eigenvalue weighted by molar-refractivity contribution is 14.1. The predicted octanol–water partition coefficient (Wildman–Crippen LogP) is 0.708. The lowest BCUT2D eigenvalue weighted by molar-refractivity contribution is -0.144. The highest BCUT2D eigenvalue weighted by Crippen LogP contribution is 2.18. The largest absolute Gasteiger partial charge is 0.480 e. The minimum Gasteiger partial charge on any atom is -0.480 e.